The molecule has 3 nitrogen and oxygen atoms in total. The number of carbonyl (C=O) groups is 1. The van der Waals surface area contributed by atoms with Crippen LogP contribution < -0.4 is 5.32 Å². The maximum absolute atomic E-state index is 12.0. The van der Waals surface area contributed by atoms with Crippen molar-refractivity contribution in [3.8, 4) is 11.8 Å². The van der Waals surface area contributed by atoms with Crippen molar-refractivity contribution < 1.29 is 9.90 Å². The van der Waals surface area contributed by atoms with Crippen LogP contribution in [0.25, 0.3) is 0 Å². The van der Waals surface area contributed by atoms with Crippen molar-refractivity contribution in [2.75, 3.05) is 18.6 Å². The Balaban J connectivity index is 2.71. The van der Waals surface area contributed by atoms with Gasteiger partial charge in [0.2, 0.25) is 0 Å². The normalized spacial score (nSPS) is 11.3. The fourth-order valence-corrected chi connectivity index (χ4v) is 2.14. The van der Waals surface area contributed by atoms with E-state index in [1.54, 1.807) is 23.9 Å². The average molecular weight is 277 g/mol. The van der Waals surface area contributed by atoms with Gasteiger partial charge in [-0.05, 0) is 31.4 Å². The van der Waals surface area contributed by atoms with E-state index in [4.69, 9.17) is 5.11 Å². The van der Waals surface area contributed by atoms with Crippen LogP contribution in [0.4, 0.5) is 0 Å². The van der Waals surface area contributed by atoms with Crippen LogP contribution in [0.3, 0.4) is 0 Å². The number of benzene rings is 1. The summed E-state index contributed by atoms with van der Waals surface area (Å²) in [6, 6.07) is 7.36. The van der Waals surface area contributed by atoms with Gasteiger partial charge in [-0.15, -0.1) is 0 Å². The van der Waals surface area contributed by atoms with E-state index in [2.05, 4.69) is 17.2 Å². The molecule has 1 aromatic carbocycles. The minimum atomic E-state index is -0.0765. The summed E-state index contributed by atoms with van der Waals surface area (Å²) in [6.45, 7) is 2.04. The minimum Gasteiger partial charge on any atom is -0.395 e. The SMILES string of the molecule is CSCC(C)NC(=O)c1cccc(C#CCCO)c1. The third kappa shape index (κ3) is 5.82. The van der Waals surface area contributed by atoms with Crippen LogP contribution in [0.5, 0.6) is 0 Å². The lowest BCUT2D eigenvalue weighted by Gasteiger charge is -2.12. The zero-order valence-electron chi connectivity index (χ0n) is 11.3. The van der Waals surface area contributed by atoms with E-state index in [1.807, 2.05) is 25.3 Å². The summed E-state index contributed by atoms with van der Waals surface area (Å²) in [5, 5.41) is 11.6. The molecular weight excluding hydrogens is 258 g/mol. The van der Waals surface area contributed by atoms with Gasteiger partial charge in [0.25, 0.3) is 5.91 Å². The lowest BCUT2D eigenvalue weighted by molar-refractivity contribution is 0.0943. The Kier molecular flexibility index (Phi) is 7.09. The molecular formula is C15H19NO2S. The van der Waals surface area contributed by atoms with Crippen molar-refractivity contribution in [3.05, 3.63) is 35.4 Å². The third-order valence-electron chi connectivity index (χ3n) is 2.39. The van der Waals surface area contributed by atoms with E-state index in [1.165, 1.54) is 0 Å². The van der Waals surface area contributed by atoms with Crippen LogP contribution in [0.1, 0.15) is 29.3 Å². The molecule has 1 amide bonds. The van der Waals surface area contributed by atoms with Crippen molar-refractivity contribution in [1.82, 2.24) is 5.32 Å². The molecule has 0 saturated carbocycles. The van der Waals surface area contributed by atoms with Crippen molar-refractivity contribution in [1.29, 1.82) is 0 Å². The quantitative estimate of drug-likeness (QED) is 0.808. The highest BCUT2D eigenvalue weighted by atomic mass is 32.2. The number of hydrogen-bond acceptors (Lipinski definition) is 3. The van der Waals surface area contributed by atoms with Gasteiger partial charge in [-0.2, -0.15) is 11.8 Å². The molecule has 0 aliphatic rings. The molecule has 1 unspecified atom stereocenters. The fraction of sp³-hybridized carbons (Fsp3) is 0.400. The number of thioether (sulfide) groups is 1. The summed E-state index contributed by atoms with van der Waals surface area (Å²) >= 11 is 1.70. The first kappa shape index (κ1) is 15.6. The predicted octanol–water partition coefficient (Wildman–Crippen LogP) is 1.90. The molecule has 0 spiro atoms. The van der Waals surface area contributed by atoms with Crippen LogP contribution in [-0.4, -0.2) is 35.7 Å². The molecule has 2 N–H and O–H groups in total. The summed E-state index contributed by atoms with van der Waals surface area (Å²) in [5.41, 5.74) is 1.40. The van der Waals surface area contributed by atoms with Crippen LogP contribution in [0, 0.1) is 11.8 Å². The first-order valence-corrected chi connectivity index (χ1v) is 7.56. The highest BCUT2D eigenvalue weighted by Crippen LogP contribution is 2.05. The molecule has 0 radical (unpaired) electrons. The van der Waals surface area contributed by atoms with E-state index < -0.39 is 0 Å². The Morgan fingerprint density at radius 1 is 1.53 bits per heavy atom. The molecule has 1 atom stereocenters. The van der Waals surface area contributed by atoms with Crippen LogP contribution >= 0.6 is 11.8 Å². The Bertz CT molecular complexity index is 477. The van der Waals surface area contributed by atoms with Gasteiger partial charge in [0.15, 0.2) is 0 Å². The Morgan fingerprint density at radius 2 is 2.32 bits per heavy atom. The van der Waals surface area contributed by atoms with Crippen LogP contribution in [0.2, 0.25) is 0 Å². The summed E-state index contributed by atoms with van der Waals surface area (Å²) in [6.07, 6.45) is 2.46. The molecule has 0 saturated heterocycles. The summed E-state index contributed by atoms with van der Waals surface area (Å²) in [5.74, 6) is 6.58. The van der Waals surface area contributed by atoms with Gasteiger partial charge in [-0.3, -0.25) is 4.79 Å². The first-order valence-electron chi connectivity index (χ1n) is 6.17. The molecule has 0 heterocycles. The van der Waals surface area contributed by atoms with Gasteiger partial charge in [0.05, 0.1) is 6.61 Å². The number of aliphatic hydroxyl groups is 1. The van der Waals surface area contributed by atoms with Gasteiger partial charge in [-0.25, -0.2) is 0 Å². The monoisotopic (exact) mass is 277 g/mol. The van der Waals surface area contributed by atoms with Gasteiger partial charge in [0, 0.05) is 29.3 Å². The Hall–Kier alpha value is -1.44. The fourth-order valence-electron chi connectivity index (χ4n) is 1.56. The highest BCUT2D eigenvalue weighted by molar-refractivity contribution is 7.98. The molecule has 0 bridgehead atoms. The molecule has 1 rings (SSSR count). The summed E-state index contributed by atoms with van der Waals surface area (Å²) in [7, 11) is 0. The molecule has 0 aromatic heterocycles. The second-order valence-corrected chi connectivity index (χ2v) is 5.10. The molecule has 102 valence electrons. The lowest BCUT2D eigenvalue weighted by Crippen LogP contribution is -2.34. The molecule has 0 fully saturated rings. The van der Waals surface area contributed by atoms with Crippen molar-refractivity contribution >= 4 is 17.7 Å². The zero-order chi connectivity index (χ0) is 14.1. The average Bonchev–Trinajstić information content (AvgIpc) is 2.39. The molecule has 0 aliphatic carbocycles. The smallest absolute Gasteiger partial charge is 0.251 e. The Morgan fingerprint density at radius 3 is 3.00 bits per heavy atom. The lowest BCUT2D eigenvalue weighted by atomic mass is 10.1. The van der Waals surface area contributed by atoms with Crippen LogP contribution in [-0.2, 0) is 0 Å². The Labute approximate surface area is 118 Å². The number of amides is 1. The van der Waals surface area contributed by atoms with E-state index in [0.717, 1.165) is 11.3 Å². The number of aliphatic hydroxyl groups excluding tert-OH is 1. The number of carbonyl (C=O) groups excluding carboxylic acids is 1. The maximum Gasteiger partial charge on any atom is 0.251 e. The highest BCUT2D eigenvalue weighted by Gasteiger charge is 2.09. The summed E-state index contributed by atoms with van der Waals surface area (Å²) < 4.78 is 0. The van der Waals surface area contributed by atoms with E-state index in [0.29, 0.717) is 12.0 Å². The number of hydrogen-bond donors (Lipinski definition) is 2. The third-order valence-corrected chi connectivity index (χ3v) is 3.22. The maximum atomic E-state index is 12.0. The molecule has 0 aliphatic heterocycles. The number of nitrogens with one attached hydrogen (secondary N) is 1. The van der Waals surface area contributed by atoms with Crippen molar-refractivity contribution in [2.45, 2.75) is 19.4 Å². The molecule has 1 aromatic rings. The molecule has 19 heavy (non-hydrogen) atoms. The van der Waals surface area contributed by atoms with Crippen molar-refractivity contribution in [2.24, 2.45) is 0 Å². The van der Waals surface area contributed by atoms with E-state index >= 15 is 0 Å². The van der Waals surface area contributed by atoms with Crippen LogP contribution in [0.15, 0.2) is 24.3 Å². The topological polar surface area (TPSA) is 49.3 Å². The van der Waals surface area contributed by atoms with E-state index in [9.17, 15) is 4.79 Å². The second kappa shape index (κ2) is 8.63. The van der Waals surface area contributed by atoms with Gasteiger partial charge < -0.3 is 10.4 Å². The van der Waals surface area contributed by atoms with E-state index in [-0.39, 0.29) is 18.6 Å². The first-order chi connectivity index (χ1) is 9.17. The number of rotatable bonds is 5. The minimum absolute atomic E-state index is 0.0549. The largest absolute Gasteiger partial charge is 0.395 e. The second-order valence-electron chi connectivity index (χ2n) is 4.19. The molecule has 4 heteroatoms. The standard InChI is InChI=1S/C15H19NO2S/c1-12(11-19-2)16-15(18)14-8-5-7-13(10-14)6-3-4-9-17/h5,7-8,10,12,17H,4,9,11H2,1-2H3,(H,16,18). The zero-order valence-corrected chi connectivity index (χ0v) is 12.1. The van der Waals surface area contributed by atoms with Gasteiger partial charge in [-0.1, -0.05) is 17.9 Å². The summed E-state index contributed by atoms with van der Waals surface area (Å²) in [4.78, 5) is 12.0. The van der Waals surface area contributed by atoms with Gasteiger partial charge >= 0.3 is 0 Å². The van der Waals surface area contributed by atoms with Crippen molar-refractivity contribution in [3.63, 3.8) is 0 Å². The van der Waals surface area contributed by atoms with Gasteiger partial charge in [0.1, 0.15) is 0 Å². The predicted molar refractivity (Wildman–Crippen MR) is 80.3 cm³/mol.